The molecule has 0 bridgehead atoms. The van der Waals surface area contributed by atoms with Gasteiger partial charge in [-0.25, -0.2) is 9.50 Å². The van der Waals surface area contributed by atoms with E-state index in [-0.39, 0.29) is 18.7 Å². The molecule has 0 spiro atoms. The fraction of sp³-hybridized carbons (Fsp3) is 0.136. The molecule has 0 saturated carbocycles. The largest absolute Gasteiger partial charge is 0.454 e. The van der Waals surface area contributed by atoms with Crippen LogP contribution in [0.2, 0.25) is 0 Å². The lowest BCUT2D eigenvalue weighted by Crippen LogP contribution is -2.26. The third-order valence-electron chi connectivity index (χ3n) is 4.96. The van der Waals surface area contributed by atoms with Crippen molar-refractivity contribution in [1.29, 1.82) is 0 Å². The van der Waals surface area contributed by atoms with Crippen molar-refractivity contribution in [2.75, 3.05) is 6.79 Å². The van der Waals surface area contributed by atoms with Crippen LogP contribution in [0.5, 0.6) is 11.5 Å². The highest BCUT2D eigenvalue weighted by molar-refractivity contribution is 6.00. The Morgan fingerprint density at radius 3 is 2.79 bits per heavy atom. The van der Waals surface area contributed by atoms with E-state index in [1.54, 1.807) is 16.9 Å². The number of carbonyl (C=O) groups is 1. The lowest BCUT2D eigenvalue weighted by Gasteiger charge is -2.13. The van der Waals surface area contributed by atoms with Crippen molar-refractivity contribution in [3.63, 3.8) is 0 Å². The number of fused-ring (bicyclic) bond motifs is 2. The monoisotopic (exact) mass is 386 g/mol. The van der Waals surface area contributed by atoms with Crippen LogP contribution in [0, 0.1) is 0 Å². The molecule has 1 unspecified atom stereocenters. The lowest BCUT2D eigenvalue weighted by atomic mass is 10.1. The van der Waals surface area contributed by atoms with Crippen molar-refractivity contribution in [1.82, 2.24) is 19.9 Å². The Balaban J connectivity index is 1.48. The highest BCUT2D eigenvalue weighted by atomic mass is 16.7. The van der Waals surface area contributed by atoms with Gasteiger partial charge in [0.05, 0.1) is 17.9 Å². The molecule has 1 aliphatic rings. The fourth-order valence-electron chi connectivity index (χ4n) is 3.43. The molecular weight excluding hydrogens is 368 g/mol. The molecule has 0 aliphatic carbocycles. The van der Waals surface area contributed by atoms with E-state index in [2.05, 4.69) is 15.4 Å². The first-order valence-corrected chi connectivity index (χ1v) is 9.29. The number of aromatic nitrogens is 3. The predicted molar refractivity (Wildman–Crippen MR) is 107 cm³/mol. The smallest absolute Gasteiger partial charge is 0.257 e. The summed E-state index contributed by atoms with van der Waals surface area (Å²) in [6, 6.07) is 17.2. The van der Waals surface area contributed by atoms with Crippen molar-refractivity contribution < 1.29 is 14.3 Å². The summed E-state index contributed by atoms with van der Waals surface area (Å²) in [5, 5.41) is 7.43. The van der Waals surface area contributed by atoms with Gasteiger partial charge >= 0.3 is 0 Å². The first-order valence-electron chi connectivity index (χ1n) is 9.29. The van der Waals surface area contributed by atoms with E-state index in [4.69, 9.17) is 9.47 Å². The number of hydrogen-bond acceptors (Lipinski definition) is 5. The summed E-state index contributed by atoms with van der Waals surface area (Å²) in [6.07, 6.45) is 3.22. The third-order valence-corrected chi connectivity index (χ3v) is 4.96. The van der Waals surface area contributed by atoms with Crippen LogP contribution in [-0.4, -0.2) is 27.3 Å². The number of nitrogens with one attached hydrogen (secondary N) is 1. The zero-order valence-corrected chi connectivity index (χ0v) is 15.7. The Kier molecular flexibility index (Phi) is 4.13. The number of hydrogen-bond donors (Lipinski definition) is 1. The van der Waals surface area contributed by atoms with Crippen molar-refractivity contribution in [3.8, 4) is 22.8 Å². The van der Waals surface area contributed by atoms with Gasteiger partial charge in [-0.15, -0.1) is 0 Å². The molecule has 2 aromatic carbocycles. The molecular formula is C22H18N4O3. The van der Waals surface area contributed by atoms with Crippen molar-refractivity contribution in [2.45, 2.75) is 13.0 Å². The second-order valence-electron chi connectivity index (χ2n) is 6.80. The molecule has 0 saturated heterocycles. The van der Waals surface area contributed by atoms with E-state index in [9.17, 15) is 4.79 Å². The Bertz CT molecular complexity index is 1200. The van der Waals surface area contributed by atoms with Gasteiger partial charge in [0.1, 0.15) is 5.56 Å². The van der Waals surface area contributed by atoms with Gasteiger partial charge in [0.15, 0.2) is 17.1 Å². The molecule has 1 N–H and O–H groups in total. The lowest BCUT2D eigenvalue weighted by molar-refractivity contribution is 0.0941. The number of nitrogens with zero attached hydrogens (tertiary/aromatic N) is 3. The zero-order valence-electron chi connectivity index (χ0n) is 15.7. The van der Waals surface area contributed by atoms with Crippen LogP contribution in [0.3, 0.4) is 0 Å². The third kappa shape index (κ3) is 3.06. The normalized spacial score (nSPS) is 13.4. The predicted octanol–water partition coefficient (Wildman–Crippen LogP) is 3.62. The van der Waals surface area contributed by atoms with Crippen LogP contribution in [-0.2, 0) is 0 Å². The van der Waals surface area contributed by atoms with E-state index in [0.717, 1.165) is 22.6 Å². The van der Waals surface area contributed by atoms with E-state index in [0.29, 0.717) is 17.0 Å². The van der Waals surface area contributed by atoms with Crippen LogP contribution >= 0.6 is 0 Å². The summed E-state index contributed by atoms with van der Waals surface area (Å²) < 4.78 is 12.5. The van der Waals surface area contributed by atoms with Crippen molar-refractivity contribution in [2.24, 2.45) is 0 Å². The maximum Gasteiger partial charge on any atom is 0.257 e. The zero-order chi connectivity index (χ0) is 19.8. The number of ether oxygens (including phenoxy) is 2. The van der Waals surface area contributed by atoms with Gasteiger partial charge in [0.2, 0.25) is 6.79 Å². The first kappa shape index (κ1) is 17.2. The summed E-state index contributed by atoms with van der Waals surface area (Å²) in [5.74, 6) is 1.19. The second kappa shape index (κ2) is 6.94. The second-order valence-corrected chi connectivity index (χ2v) is 6.80. The van der Waals surface area contributed by atoms with Crippen LogP contribution in [0.25, 0.3) is 16.9 Å². The van der Waals surface area contributed by atoms with Crippen LogP contribution in [0.15, 0.2) is 67.0 Å². The Morgan fingerprint density at radius 2 is 1.93 bits per heavy atom. The number of rotatable bonds is 4. The summed E-state index contributed by atoms with van der Waals surface area (Å²) in [7, 11) is 0. The van der Waals surface area contributed by atoms with Crippen molar-refractivity contribution in [3.05, 3.63) is 78.1 Å². The molecule has 5 rings (SSSR count). The molecule has 0 radical (unpaired) electrons. The van der Waals surface area contributed by atoms with Crippen molar-refractivity contribution >= 4 is 11.6 Å². The highest BCUT2D eigenvalue weighted by Crippen LogP contribution is 2.35. The Hall–Kier alpha value is -3.87. The van der Waals surface area contributed by atoms with E-state index < -0.39 is 0 Å². The standard InChI is InChI=1S/C22H18N4O3/c1-14(15-5-3-2-4-6-15)25-22(27)17-12-24-26-18(9-10-23-21(17)26)16-7-8-19-20(11-16)29-13-28-19/h2-12,14H,13H2,1H3,(H,25,27). The summed E-state index contributed by atoms with van der Waals surface area (Å²) in [6.45, 7) is 2.17. The molecule has 2 aromatic heterocycles. The SMILES string of the molecule is CC(NC(=O)c1cnn2c(-c3ccc4c(c3)OCO4)ccnc12)c1ccccc1. The molecule has 1 amide bonds. The van der Waals surface area contributed by atoms with Gasteiger partial charge in [-0.2, -0.15) is 5.10 Å². The molecule has 1 aliphatic heterocycles. The number of amides is 1. The minimum absolute atomic E-state index is 0.129. The van der Waals surface area contributed by atoms with E-state index in [1.165, 1.54) is 0 Å². The Labute approximate surface area is 166 Å². The average Bonchev–Trinajstić information content (AvgIpc) is 3.40. The van der Waals surface area contributed by atoms with E-state index >= 15 is 0 Å². The molecule has 7 nitrogen and oxygen atoms in total. The maximum atomic E-state index is 12.9. The first-order chi connectivity index (χ1) is 14.2. The molecule has 29 heavy (non-hydrogen) atoms. The topological polar surface area (TPSA) is 77.8 Å². The summed E-state index contributed by atoms with van der Waals surface area (Å²) in [4.78, 5) is 17.2. The molecule has 144 valence electrons. The molecule has 1 atom stereocenters. The molecule has 4 aromatic rings. The minimum Gasteiger partial charge on any atom is -0.454 e. The van der Waals surface area contributed by atoms with Crippen LogP contribution in [0.1, 0.15) is 28.9 Å². The van der Waals surface area contributed by atoms with Gasteiger partial charge in [-0.3, -0.25) is 4.79 Å². The van der Waals surface area contributed by atoms with Gasteiger partial charge in [-0.05, 0) is 36.8 Å². The van der Waals surface area contributed by atoms with Crippen LogP contribution in [0.4, 0.5) is 0 Å². The molecule has 7 heteroatoms. The molecule has 3 heterocycles. The number of carbonyl (C=O) groups excluding carboxylic acids is 1. The van der Waals surface area contributed by atoms with Gasteiger partial charge < -0.3 is 14.8 Å². The van der Waals surface area contributed by atoms with Gasteiger partial charge in [-0.1, -0.05) is 30.3 Å². The quantitative estimate of drug-likeness (QED) is 0.580. The molecule has 0 fully saturated rings. The number of benzene rings is 2. The minimum atomic E-state index is -0.216. The highest BCUT2D eigenvalue weighted by Gasteiger charge is 2.20. The fourth-order valence-corrected chi connectivity index (χ4v) is 3.43. The maximum absolute atomic E-state index is 12.9. The van der Waals surface area contributed by atoms with Gasteiger partial charge in [0, 0.05) is 11.8 Å². The van der Waals surface area contributed by atoms with E-state index in [1.807, 2.05) is 61.5 Å². The average molecular weight is 386 g/mol. The van der Waals surface area contributed by atoms with Crippen LogP contribution < -0.4 is 14.8 Å². The summed E-state index contributed by atoms with van der Waals surface area (Å²) in [5.41, 5.74) is 3.66. The Morgan fingerprint density at radius 1 is 1.10 bits per heavy atom. The summed E-state index contributed by atoms with van der Waals surface area (Å²) >= 11 is 0. The van der Waals surface area contributed by atoms with Gasteiger partial charge in [0.25, 0.3) is 5.91 Å².